The first kappa shape index (κ1) is 15.0. The van der Waals surface area contributed by atoms with Crippen molar-refractivity contribution in [3.63, 3.8) is 0 Å². The van der Waals surface area contributed by atoms with Gasteiger partial charge in [0.2, 0.25) is 5.91 Å². The monoisotopic (exact) mass is 278 g/mol. The number of likely N-dealkylation sites (tertiary alicyclic amines) is 1. The lowest BCUT2D eigenvalue weighted by Crippen LogP contribution is -2.42. The highest BCUT2D eigenvalue weighted by Gasteiger charge is 2.30. The van der Waals surface area contributed by atoms with Crippen molar-refractivity contribution in [2.75, 3.05) is 13.1 Å². The first-order valence-electron chi connectivity index (χ1n) is 7.37. The van der Waals surface area contributed by atoms with Crippen molar-refractivity contribution in [2.24, 2.45) is 11.7 Å². The van der Waals surface area contributed by atoms with Crippen LogP contribution in [0.25, 0.3) is 0 Å². The number of carbonyl (C=O) groups excluding carboxylic acids is 1. The third-order valence-corrected chi connectivity index (χ3v) is 4.16. The number of rotatable bonds is 5. The highest BCUT2D eigenvalue weighted by atomic mass is 19.1. The maximum atomic E-state index is 13.5. The summed E-state index contributed by atoms with van der Waals surface area (Å²) in [5.41, 5.74) is 6.39. The Morgan fingerprint density at radius 2 is 2.25 bits per heavy atom. The van der Waals surface area contributed by atoms with Crippen molar-refractivity contribution in [1.82, 2.24) is 4.90 Å². The Labute approximate surface area is 120 Å². The number of nitrogens with two attached hydrogens (primary N) is 1. The van der Waals surface area contributed by atoms with Crippen LogP contribution in [0.3, 0.4) is 0 Å². The fourth-order valence-electron chi connectivity index (χ4n) is 2.85. The lowest BCUT2D eigenvalue weighted by atomic mass is 9.99. The molecule has 0 bridgehead atoms. The van der Waals surface area contributed by atoms with Crippen LogP contribution in [0.5, 0.6) is 0 Å². The molecule has 4 heteroatoms. The highest BCUT2D eigenvalue weighted by Crippen LogP contribution is 2.21. The second-order valence-electron chi connectivity index (χ2n) is 5.59. The van der Waals surface area contributed by atoms with Gasteiger partial charge in [0.05, 0.1) is 0 Å². The molecule has 2 atom stereocenters. The van der Waals surface area contributed by atoms with E-state index in [-0.39, 0.29) is 23.7 Å². The molecule has 1 saturated heterocycles. The first-order chi connectivity index (χ1) is 9.63. The Morgan fingerprint density at radius 1 is 1.50 bits per heavy atom. The number of amides is 1. The van der Waals surface area contributed by atoms with E-state index in [0.29, 0.717) is 24.9 Å². The predicted octanol–water partition coefficient (Wildman–Crippen LogP) is 2.34. The zero-order valence-electron chi connectivity index (χ0n) is 12.0. The van der Waals surface area contributed by atoms with Gasteiger partial charge in [-0.15, -0.1) is 0 Å². The van der Waals surface area contributed by atoms with Crippen LogP contribution in [0.1, 0.15) is 31.7 Å². The minimum Gasteiger partial charge on any atom is -0.338 e. The van der Waals surface area contributed by atoms with E-state index in [9.17, 15) is 9.18 Å². The zero-order chi connectivity index (χ0) is 14.5. The van der Waals surface area contributed by atoms with Crippen molar-refractivity contribution in [3.05, 3.63) is 35.6 Å². The largest absolute Gasteiger partial charge is 0.338 e. The van der Waals surface area contributed by atoms with Gasteiger partial charge in [-0.05, 0) is 37.3 Å². The van der Waals surface area contributed by atoms with Crippen LogP contribution in [-0.2, 0) is 11.2 Å². The Morgan fingerprint density at radius 3 is 2.95 bits per heavy atom. The van der Waals surface area contributed by atoms with Gasteiger partial charge in [0.1, 0.15) is 5.82 Å². The summed E-state index contributed by atoms with van der Waals surface area (Å²) in [6, 6.07) is 6.95. The van der Waals surface area contributed by atoms with Gasteiger partial charge in [0.25, 0.3) is 0 Å². The normalized spacial score (nSPS) is 20.1. The Kier molecular flexibility index (Phi) is 5.12. The molecule has 0 radical (unpaired) electrons. The van der Waals surface area contributed by atoms with E-state index in [1.807, 2.05) is 17.9 Å². The fraction of sp³-hybridized carbons (Fsp3) is 0.562. The smallest absolute Gasteiger partial charge is 0.225 e. The molecule has 3 nitrogen and oxygen atoms in total. The van der Waals surface area contributed by atoms with E-state index in [1.54, 1.807) is 12.1 Å². The molecule has 1 aliphatic heterocycles. The van der Waals surface area contributed by atoms with Crippen LogP contribution in [0, 0.1) is 11.7 Å². The summed E-state index contributed by atoms with van der Waals surface area (Å²) in [5, 5.41) is 0. The van der Waals surface area contributed by atoms with E-state index in [1.165, 1.54) is 6.07 Å². The van der Waals surface area contributed by atoms with Gasteiger partial charge in [-0.3, -0.25) is 4.79 Å². The molecule has 1 heterocycles. The van der Waals surface area contributed by atoms with Gasteiger partial charge in [-0.2, -0.15) is 0 Å². The second-order valence-corrected chi connectivity index (χ2v) is 5.59. The third kappa shape index (κ3) is 3.37. The van der Waals surface area contributed by atoms with Crippen LogP contribution in [0.15, 0.2) is 24.3 Å². The van der Waals surface area contributed by atoms with Crippen molar-refractivity contribution >= 4 is 5.91 Å². The maximum absolute atomic E-state index is 13.5. The molecule has 1 aromatic carbocycles. The maximum Gasteiger partial charge on any atom is 0.225 e. The lowest BCUT2D eigenvalue weighted by Gasteiger charge is -2.26. The molecule has 0 aromatic heterocycles. The van der Waals surface area contributed by atoms with E-state index in [2.05, 4.69) is 0 Å². The van der Waals surface area contributed by atoms with Crippen LogP contribution in [0.4, 0.5) is 4.39 Å². The molecule has 2 N–H and O–H groups in total. The summed E-state index contributed by atoms with van der Waals surface area (Å²) < 4.78 is 13.5. The number of hydrogen-bond donors (Lipinski definition) is 1. The lowest BCUT2D eigenvalue weighted by molar-refractivity contribution is -0.135. The first-order valence-corrected chi connectivity index (χ1v) is 7.37. The Balaban J connectivity index is 1.90. The minimum absolute atomic E-state index is 0.0817. The average molecular weight is 278 g/mol. The zero-order valence-corrected chi connectivity index (χ0v) is 12.0. The molecule has 2 rings (SSSR count). The van der Waals surface area contributed by atoms with Crippen molar-refractivity contribution in [3.8, 4) is 0 Å². The topological polar surface area (TPSA) is 46.3 Å². The van der Waals surface area contributed by atoms with Crippen molar-refractivity contribution in [2.45, 2.75) is 38.6 Å². The molecule has 0 aliphatic carbocycles. The van der Waals surface area contributed by atoms with E-state index in [4.69, 9.17) is 5.73 Å². The number of halogens is 1. The fourth-order valence-corrected chi connectivity index (χ4v) is 2.85. The molecule has 0 saturated carbocycles. The van der Waals surface area contributed by atoms with Crippen molar-refractivity contribution in [1.29, 1.82) is 0 Å². The predicted molar refractivity (Wildman–Crippen MR) is 77.7 cm³/mol. The quantitative estimate of drug-likeness (QED) is 0.898. The SMILES string of the molecule is CC(CCc1ccccc1F)C(=O)N1CCCC1CN. The second kappa shape index (κ2) is 6.84. The van der Waals surface area contributed by atoms with Crippen molar-refractivity contribution < 1.29 is 9.18 Å². The molecule has 1 aliphatic rings. The number of aryl methyl sites for hydroxylation is 1. The summed E-state index contributed by atoms with van der Waals surface area (Å²) in [4.78, 5) is 14.3. The molecular weight excluding hydrogens is 255 g/mol. The van der Waals surface area contributed by atoms with Crippen LogP contribution < -0.4 is 5.73 Å². The van der Waals surface area contributed by atoms with Gasteiger partial charge in [-0.1, -0.05) is 25.1 Å². The summed E-state index contributed by atoms with van der Waals surface area (Å²) in [6.07, 6.45) is 3.31. The number of carbonyl (C=O) groups is 1. The molecule has 110 valence electrons. The van der Waals surface area contributed by atoms with Crippen LogP contribution in [-0.4, -0.2) is 29.9 Å². The molecule has 2 unspecified atom stereocenters. The minimum atomic E-state index is -0.187. The summed E-state index contributed by atoms with van der Waals surface area (Å²) >= 11 is 0. The summed E-state index contributed by atoms with van der Waals surface area (Å²) in [6.45, 7) is 3.27. The summed E-state index contributed by atoms with van der Waals surface area (Å²) in [5.74, 6) is -0.107. The van der Waals surface area contributed by atoms with E-state index < -0.39 is 0 Å². The Hall–Kier alpha value is -1.42. The molecule has 0 spiro atoms. The van der Waals surface area contributed by atoms with Gasteiger partial charge in [-0.25, -0.2) is 4.39 Å². The molecule has 1 amide bonds. The van der Waals surface area contributed by atoms with Gasteiger partial charge < -0.3 is 10.6 Å². The molecule has 20 heavy (non-hydrogen) atoms. The van der Waals surface area contributed by atoms with E-state index >= 15 is 0 Å². The molecule has 1 aromatic rings. The van der Waals surface area contributed by atoms with Gasteiger partial charge in [0.15, 0.2) is 0 Å². The number of nitrogens with zero attached hydrogens (tertiary/aromatic N) is 1. The Bertz CT molecular complexity index is 464. The van der Waals surface area contributed by atoms with Crippen LogP contribution >= 0.6 is 0 Å². The number of hydrogen-bond acceptors (Lipinski definition) is 2. The van der Waals surface area contributed by atoms with Gasteiger partial charge in [0, 0.05) is 25.0 Å². The average Bonchev–Trinajstić information content (AvgIpc) is 2.93. The molecular formula is C16H23FN2O. The molecule has 1 fully saturated rings. The van der Waals surface area contributed by atoms with E-state index in [0.717, 1.165) is 19.4 Å². The summed E-state index contributed by atoms with van der Waals surface area (Å²) in [7, 11) is 0. The number of benzene rings is 1. The van der Waals surface area contributed by atoms with Crippen LogP contribution in [0.2, 0.25) is 0 Å². The van der Waals surface area contributed by atoms with Gasteiger partial charge >= 0.3 is 0 Å². The third-order valence-electron chi connectivity index (χ3n) is 4.16. The highest BCUT2D eigenvalue weighted by molar-refractivity contribution is 5.79. The standard InChI is InChI=1S/C16H23FN2O/c1-12(8-9-13-5-2-3-7-15(13)17)16(20)19-10-4-6-14(19)11-18/h2-3,5,7,12,14H,4,6,8-11,18H2,1H3.